The summed E-state index contributed by atoms with van der Waals surface area (Å²) in [5, 5.41) is 6.06. The Morgan fingerprint density at radius 2 is 1.31 bits per heavy atom. The van der Waals surface area contributed by atoms with Gasteiger partial charge < -0.3 is 11.5 Å². The Morgan fingerprint density at radius 1 is 0.875 bits per heavy atom. The van der Waals surface area contributed by atoms with Crippen LogP contribution in [0.4, 0.5) is 0 Å². The average Bonchev–Trinajstić information content (AvgIpc) is 2.87. The zero-order valence-corrected chi connectivity index (χ0v) is 10.5. The maximum Gasteiger partial charge on any atom is 0.152 e. The molecule has 0 aliphatic rings. The summed E-state index contributed by atoms with van der Waals surface area (Å²) in [6, 6.07) is 0. The number of thiazole rings is 2. The summed E-state index contributed by atoms with van der Waals surface area (Å²) in [5.74, 6) is 0. The molecule has 0 aromatic carbocycles. The number of nitrogens with zero attached hydrogens (tertiary/aromatic N) is 2. The van der Waals surface area contributed by atoms with E-state index in [0.717, 1.165) is 34.2 Å². The fourth-order valence-electron chi connectivity index (χ4n) is 1.34. The summed E-state index contributed by atoms with van der Waals surface area (Å²) in [6.07, 6.45) is 1.66. The zero-order chi connectivity index (χ0) is 11.4. The van der Waals surface area contributed by atoms with Crippen molar-refractivity contribution in [3.8, 4) is 10.0 Å². The second kappa shape index (κ2) is 5.49. The molecule has 6 heteroatoms. The molecule has 2 aromatic heterocycles. The van der Waals surface area contributed by atoms with E-state index >= 15 is 0 Å². The van der Waals surface area contributed by atoms with Crippen LogP contribution in [0.2, 0.25) is 0 Å². The molecule has 2 aromatic rings. The van der Waals surface area contributed by atoms with Crippen molar-refractivity contribution in [1.29, 1.82) is 0 Å². The minimum absolute atomic E-state index is 0.638. The van der Waals surface area contributed by atoms with E-state index in [9.17, 15) is 0 Å². The molecule has 0 radical (unpaired) electrons. The van der Waals surface area contributed by atoms with Crippen LogP contribution < -0.4 is 11.5 Å². The molecule has 0 bridgehead atoms. The van der Waals surface area contributed by atoms with Crippen molar-refractivity contribution in [3.05, 3.63) is 22.1 Å². The minimum Gasteiger partial charge on any atom is -0.330 e. The van der Waals surface area contributed by atoms with E-state index < -0.39 is 0 Å². The zero-order valence-electron chi connectivity index (χ0n) is 8.85. The molecule has 16 heavy (non-hydrogen) atoms. The molecular formula is C10H14N4S2. The molecule has 0 amide bonds. The predicted octanol–water partition coefficient (Wildman–Crippen LogP) is 1.27. The van der Waals surface area contributed by atoms with Gasteiger partial charge in [-0.25, -0.2) is 9.97 Å². The quantitative estimate of drug-likeness (QED) is 0.842. The molecule has 0 aliphatic carbocycles. The van der Waals surface area contributed by atoms with E-state index in [1.807, 2.05) is 10.8 Å². The van der Waals surface area contributed by atoms with Crippen LogP contribution in [-0.4, -0.2) is 23.1 Å². The van der Waals surface area contributed by atoms with Crippen molar-refractivity contribution in [2.45, 2.75) is 12.8 Å². The average molecular weight is 254 g/mol. The first-order valence-electron chi connectivity index (χ1n) is 5.13. The van der Waals surface area contributed by atoms with Gasteiger partial charge in [-0.3, -0.25) is 0 Å². The molecule has 4 nitrogen and oxygen atoms in total. The Balaban J connectivity index is 2.14. The van der Waals surface area contributed by atoms with Gasteiger partial charge in [-0.15, -0.1) is 22.7 Å². The maximum absolute atomic E-state index is 5.49. The summed E-state index contributed by atoms with van der Waals surface area (Å²) in [7, 11) is 0. The maximum atomic E-state index is 5.49. The van der Waals surface area contributed by atoms with Gasteiger partial charge in [0.25, 0.3) is 0 Å². The van der Waals surface area contributed by atoms with Gasteiger partial charge in [0.2, 0.25) is 0 Å². The molecule has 0 aliphatic heterocycles. The third-order valence-electron chi connectivity index (χ3n) is 2.09. The summed E-state index contributed by atoms with van der Waals surface area (Å²) >= 11 is 3.25. The van der Waals surface area contributed by atoms with E-state index in [1.54, 1.807) is 22.7 Å². The van der Waals surface area contributed by atoms with Gasteiger partial charge in [-0.1, -0.05) is 0 Å². The van der Waals surface area contributed by atoms with Gasteiger partial charge in [0.05, 0.1) is 11.4 Å². The van der Waals surface area contributed by atoms with E-state index in [2.05, 4.69) is 9.97 Å². The molecule has 0 fully saturated rings. The van der Waals surface area contributed by atoms with E-state index in [0.29, 0.717) is 13.1 Å². The normalized spacial score (nSPS) is 10.9. The largest absolute Gasteiger partial charge is 0.330 e. The highest BCUT2D eigenvalue weighted by molar-refractivity contribution is 7.19. The molecule has 2 heterocycles. The first kappa shape index (κ1) is 11.7. The Kier molecular flexibility index (Phi) is 4.00. The van der Waals surface area contributed by atoms with Gasteiger partial charge in [-0.2, -0.15) is 0 Å². The fourth-order valence-corrected chi connectivity index (χ4v) is 3.09. The van der Waals surface area contributed by atoms with Crippen LogP contribution in [0.5, 0.6) is 0 Å². The Bertz CT molecular complexity index is 407. The van der Waals surface area contributed by atoms with Crippen molar-refractivity contribution in [2.24, 2.45) is 11.5 Å². The van der Waals surface area contributed by atoms with Crippen LogP contribution in [0.25, 0.3) is 10.0 Å². The fraction of sp³-hybridized carbons (Fsp3) is 0.400. The second-order valence-corrected chi connectivity index (χ2v) is 5.08. The lowest BCUT2D eigenvalue weighted by molar-refractivity contribution is 0.930. The first-order chi connectivity index (χ1) is 7.83. The molecule has 0 saturated heterocycles. The third kappa shape index (κ3) is 2.65. The molecular weight excluding hydrogens is 240 g/mol. The molecule has 86 valence electrons. The van der Waals surface area contributed by atoms with Gasteiger partial charge in [0.1, 0.15) is 0 Å². The number of aromatic nitrogens is 2. The SMILES string of the molecule is NCCc1csc(-c2nc(CCN)cs2)n1. The van der Waals surface area contributed by atoms with Crippen molar-refractivity contribution in [2.75, 3.05) is 13.1 Å². The standard InChI is InChI=1S/C10H14N4S2/c11-3-1-7-5-15-9(13-7)10-14-8(2-4-12)6-16-10/h5-6H,1-4,11-12H2. The highest BCUT2D eigenvalue weighted by Crippen LogP contribution is 2.27. The van der Waals surface area contributed by atoms with Gasteiger partial charge >= 0.3 is 0 Å². The van der Waals surface area contributed by atoms with Crippen LogP contribution in [0.15, 0.2) is 10.8 Å². The van der Waals surface area contributed by atoms with Gasteiger partial charge in [-0.05, 0) is 13.1 Å². The monoisotopic (exact) mass is 254 g/mol. The van der Waals surface area contributed by atoms with E-state index in [4.69, 9.17) is 11.5 Å². The first-order valence-corrected chi connectivity index (χ1v) is 6.88. The van der Waals surface area contributed by atoms with E-state index in [1.165, 1.54) is 0 Å². The lowest BCUT2D eigenvalue weighted by Gasteiger charge is -1.90. The smallest absolute Gasteiger partial charge is 0.152 e. The second-order valence-electron chi connectivity index (χ2n) is 3.37. The minimum atomic E-state index is 0.638. The highest BCUT2D eigenvalue weighted by atomic mass is 32.1. The Hall–Kier alpha value is -0.820. The summed E-state index contributed by atoms with van der Waals surface area (Å²) in [5.41, 5.74) is 13.1. The van der Waals surface area contributed by atoms with Crippen LogP contribution in [-0.2, 0) is 12.8 Å². The van der Waals surface area contributed by atoms with Gasteiger partial charge in [0.15, 0.2) is 10.0 Å². The van der Waals surface area contributed by atoms with Crippen LogP contribution >= 0.6 is 22.7 Å². The molecule has 0 unspecified atom stereocenters. The topological polar surface area (TPSA) is 77.8 Å². The van der Waals surface area contributed by atoms with Crippen molar-refractivity contribution < 1.29 is 0 Å². The molecule has 2 rings (SSSR count). The predicted molar refractivity (Wildman–Crippen MR) is 68.7 cm³/mol. The summed E-state index contributed by atoms with van der Waals surface area (Å²) in [6.45, 7) is 1.28. The van der Waals surface area contributed by atoms with Crippen molar-refractivity contribution >= 4 is 22.7 Å². The number of hydrogen-bond donors (Lipinski definition) is 2. The van der Waals surface area contributed by atoms with E-state index in [-0.39, 0.29) is 0 Å². The highest BCUT2D eigenvalue weighted by Gasteiger charge is 2.08. The Morgan fingerprint density at radius 3 is 1.69 bits per heavy atom. The van der Waals surface area contributed by atoms with Crippen LogP contribution in [0.3, 0.4) is 0 Å². The Labute approximate surface area is 102 Å². The number of rotatable bonds is 5. The molecule has 0 saturated carbocycles. The van der Waals surface area contributed by atoms with Crippen molar-refractivity contribution in [1.82, 2.24) is 9.97 Å². The number of hydrogen-bond acceptors (Lipinski definition) is 6. The summed E-state index contributed by atoms with van der Waals surface area (Å²) < 4.78 is 0. The summed E-state index contributed by atoms with van der Waals surface area (Å²) in [4.78, 5) is 9.00. The lowest BCUT2D eigenvalue weighted by Crippen LogP contribution is -2.03. The van der Waals surface area contributed by atoms with Gasteiger partial charge in [0, 0.05) is 23.6 Å². The lowest BCUT2D eigenvalue weighted by atomic mass is 10.3. The number of nitrogens with two attached hydrogens (primary N) is 2. The molecule has 0 atom stereocenters. The third-order valence-corrected chi connectivity index (χ3v) is 4.01. The van der Waals surface area contributed by atoms with Crippen LogP contribution in [0, 0.1) is 0 Å². The van der Waals surface area contributed by atoms with Crippen molar-refractivity contribution in [3.63, 3.8) is 0 Å². The molecule has 0 spiro atoms. The molecule has 4 N–H and O–H groups in total. The van der Waals surface area contributed by atoms with Crippen LogP contribution in [0.1, 0.15) is 11.4 Å².